The molecule has 5 aromatic carbocycles. The first kappa shape index (κ1) is 42.7. The third-order valence-corrected chi connectivity index (χ3v) is 11.2. The molecule has 14 heteroatoms. The summed E-state index contributed by atoms with van der Waals surface area (Å²) in [5.41, 5.74) is 0.715. The van der Waals surface area contributed by atoms with Crippen LogP contribution in [-0.4, -0.2) is 26.8 Å². The molecule has 0 fully saturated rings. The molecule has 0 amide bonds. The molecule has 5 rings (SSSR count). The molecule has 254 valence electrons. The molecule has 0 bridgehead atoms. The first-order valence-electron chi connectivity index (χ1n) is 14.3. The number of hydrogen-bond acceptors (Lipinski definition) is 1. The van der Waals surface area contributed by atoms with Crippen molar-refractivity contribution in [2.75, 3.05) is 12.3 Å². The molecule has 0 saturated heterocycles. The Morgan fingerprint density at radius 1 is 0.417 bits per heavy atom. The average Bonchev–Trinajstić information content (AvgIpc) is 3.06. The van der Waals surface area contributed by atoms with Crippen molar-refractivity contribution in [1.29, 1.82) is 5.26 Å². The van der Waals surface area contributed by atoms with Crippen LogP contribution in [0.4, 0.5) is 34.5 Å². The number of hydrogen-bond donors (Lipinski definition) is 0. The van der Waals surface area contributed by atoms with Crippen LogP contribution in [0.25, 0.3) is 0 Å². The van der Waals surface area contributed by atoms with E-state index in [-0.39, 0.29) is 36.9 Å². The van der Waals surface area contributed by atoms with Gasteiger partial charge in [0.2, 0.25) is 0 Å². The number of nitriles is 1. The van der Waals surface area contributed by atoms with Crippen molar-refractivity contribution in [1.82, 2.24) is 0 Å². The van der Waals surface area contributed by atoms with E-state index in [2.05, 4.69) is 121 Å². The Kier molecular flexibility index (Phi) is 20.6. The average molecular weight is 884 g/mol. The molecule has 0 N–H and O–H groups in total. The zero-order chi connectivity index (χ0) is 34.5. The number of nitrogens with zero attached hydrogens (tertiary/aromatic N) is 1. The van der Waals surface area contributed by atoms with Crippen LogP contribution in [0.5, 0.6) is 0 Å². The van der Waals surface area contributed by atoms with Gasteiger partial charge in [-0.2, -0.15) is 5.26 Å². The quantitative estimate of drug-likeness (QED) is 0.0866. The van der Waals surface area contributed by atoms with Gasteiger partial charge in [0.05, 0.1) is 11.6 Å². The Hall–Kier alpha value is -3.29. The minimum absolute atomic E-state index is 0. The van der Waals surface area contributed by atoms with Gasteiger partial charge in [-0.3, -0.25) is 0 Å². The fourth-order valence-electron chi connectivity index (χ4n) is 4.15. The third kappa shape index (κ3) is 20.2. The molecule has 0 radical (unpaired) electrons. The molecule has 5 aromatic rings. The Labute approximate surface area is 293 Å². The van der Waals surface area contributed by atoms with Gasteiger partial charge in [0.25, 0.3) is 0 Å². The molecule has 0 heterocycles. The number of rotatable bonds is 8. The zero-order valence-corrected chi connectivity index (χ0v) is 29.5. The molecule has 0 aliphatic heterocycles. The van der Waals surface area contributed by atoms with Crippen molar-refractivity contribution >= 4 is 51.6 Å². The van der Waals surface area contributed by atoms with Crippen LogP contribution in [0.1, 0.15) is 12.0 Å². The minimum atomic E-state index is -6.00. The van der Waals surface area contributed by atoms with E-state index in [4.69, 9.17) is 5.26 Å². The van der Waals surface area contributed by atoms with Gasteiger partial charge >= 0.3 is 35.6 Å². The summed E-state index contributed by atoms with van der Waals surface area (Å²) in [4.78, 5) is 0. The van der Waals surface area contributed by atoms with E-state index in [1.54, 1.807) is 12.1 Å². The monoisotopic (exact) mass is 884 g/mol. The molecule has 0 saturated carbocycles. The van der Waals surface area contributed by atoms with E-state index in [1.807, 2.05) is 24.3 Å². The fraction of sp³-hybridized carbons (Fsp3) is 0.0882. The maximum absolute atomic E-state index is 9.75. The summed E-state index contributed by atoms with van der Waals surface area (Å²) in [7, 11) is -12.6. The smallest absolute Gasteiger partial charge is 0.418 e. The zero-order valence-electron chi connectivity index (χ0n) is 25.4. The maximum atomic E-state index is 9.75. The maximum Gasteiger partial charge on any atom is 2.00 e. The van der Waals surface area contributed by atoms with E-state index < -0.39 is 14.5 Å². The number of halogens is 8. The van der Waals surface area contributed by atoms with Gasteiger partial charge in [-0.05, 0) is 67.9 Å². The van der Waals surface area contributed by atoms with Crippen molar-refractivity contribution in [2.24, 2.45) is 0 Å². The van der Waals surface area contributed by atoms with Gasteiger partial charge in [-0.1, -0.05) is 140 Å². The van der Waals surface area contributed by atoms with Gasteiger partial charge in [0.1, 0.15) is 0 Å². The van der Waals surface area contributed by atoms with Gasteiger partial charge < -0.3 is 34.5 Å². The first-order valence-corrected chi connectivity index (χ1v) is 17.4. The third-order valence-electron chi connectivity index (χ3n) is 5.94. The summed E-state index contributed by atoms with van der Waals surface area (Å²) < 4.78 is 78.0. The Morgan fingerprint density at radius 3 is 0.812 bits per heavy atom. The molecule has 1 nitrogen and oxygen atoms in total. The molecule has 48 heavy (non-hydrogen) atoms. The van der Waals surface area contributed by atoms with Gasteiger partial charge in [0.15, 0.2) is 0 Å². The molecule has 0 aliphatic carbocycles. The van der Waals surface area contributed by atoms with E-state index in [9.17, 15) is 34.5 Å². The fourth-order valence-corrected chi connectivity index (χ4v) is 9.10. The summed E-state index contributed by atoms with van der Waals surface area (Å²) >= 11 is 0. The Bertz CT molecular complexity index is 1380. The van der Waals surface area contributed by atoms with E-state index >= 15 is 0 Å². The second-order valence-corrected chi connectivity index (χ2v) is 14.1. The van der Waals surface area contributed by atoms with Crippen molar-refractivity contribution in [2.45, 2.75) is 6.42 Å². The standard InChI is InChI=1S/C27H26P2.C7H5N.2BF4.Pt/c1-5-14-24(15-6-1)28(25-16-7-2-8-17-25)22-13-23-29(26-18-9-3-10-19-26)27-20-11-4-12-21-27;8-6-7-4-2-1-3-5-7;2*2-1(3,4)5;/h1-12,14-21H,13,22-23H2;1-5H;;;/q;;2*-1;+2. The first-order chi connectivity index (χ1) is 22.3. The predicted octanol–water partition coefficient (Wildman–Crippen LogP) is 9.80. The molecule has 0 atom stereocenters. The van der Waals surface area contributed by atoms with Crippen molar-refractivity contribution < 1.29 is 55.6 Å². The summed E-state index contributed by atoms with van der Waals surface area (Å²) in [6, 6.07) is 55.4. The van der Waals surface area contributed by atoms with E-state index in [1.165, 1.54) is 40.0 Å². The molecule has 0 spiro atoms. The Morgan fingerprint density at radius 2 is 0.625 bits per heavy atom. The van der Waals surface area contributed by atoms with Crippen molar-refractivity contribution in [3.63, 3.8) is 0 Å². The van der Waals surface area contributed by atoms with E-state index in [0.29, 0.717) is 5.56 Å². The van der Waals surface area contributed by atoms with Crippen LogP contribution in [0, 0.1) is 11.3 Å². The van der Waals surface area contributed by atoms with Crippen LogP contribution in [0.15, 0.2) is 152 Å². The second-order valence-electron chi connectivity index (χ2n) is 9.47. The van der Waals surface area contributed by atoms with Gasteiger partial charge in [-0.25, -0.2) is 0 Å². The predicted molar refractivity (Wildman–Crippen MR) is 184 cm³/mol. The molecule has 0 aliphatic rings. The summed E-state index contributed by atoms with van der Waals surface area (Å²) in [6.45, 7) is 0. The normalized spacial score (nSPS) is 10.5. The van der Waals surface area contributed by atoms with Crippen molar-refractivity contribution in [3.05, 3.63) is 157 Å². The van der Waals surface area contributed by atoms with E-state index in [0.717, 1.165) is 0 Å². The molecular weight excluding hydrogens is 853 g/mol. The van der Waals surface area contributed by atoms with Crippen LogP contribution in [-0.2, 0) is 21.1 Å². The van der Waals surface area contributed by atoms with Crippen LogP contribution < -0.4 is 21.2 Å². The summed E-state index contributed by atoms with van der Waals surface area (Å²) in [5.74, 6) is 0. The Balaban J connectivity index is 0.000000497. The largest absolute Gasteiger partial charge is 2.00 e. The summed E-state index contributed by atoms with van der Waals surface area (Å²) in [5, 5.41) is 14.2. The van der Waals surface area contributed by atoms with Crippen LogP contribution in [0.2, 0.25) is 0 Å². The van der Waals surface area contributed by atoms with Crippen molar-refractivity contribution in [3.8, 4) is 6.07 Å². The van der Waals surface area contributed by atoms with Crippen LogP contribution >= 0.6 is 15.8 Å². The van der Waals surface area contributed by atoms with Crippen LogP contribution in [0.3, 0.4) is 0 Å². The topological polar surface area (TPSA) is 23.8 Å². The molecular formula is C34H31B2F8NP2Pt. The SMILES string of the molecule is F[B-](F)(F)F.F[B-](F)(F)F.N#Cc1ccccc1.[Pt+2].c1ccc(P(CCCP(c2ccccc2)c2ccccc2)c2ccccc2)cc1. The van der Waals surface area contributed by atoms with Gasteiger partial charge in [0, 0.05) is 0 Å². The molecule has 0 aromatic heterocycles. The summed E-state index contributed by atoms with van der Waals surface area (Å²) in [6.07, 6.45) is 3.72. The molecule has 0 unspecified atom stereocenters. The number of benzene rings is 5. The second kappa shape index (κ2) is 23.1. The minimum Gasteiger partial charge on any atom is -0.418 e. The van der Waals surface area contributed by atoms with Gasteiger partial charge in [-0.15, -0.1) is 0 Å².